The summed E-state index contributed by atoms with van der Waals surface area (Å²) in [5.74, 6) is 1.96. The number of benzene rings is 1. The van der Waals surface area contributed by atoms with Crippen molar-refractivity contribution < 1.29 is 14.0 Å². The van der Waals surface area contributed by atoms with Gasteiger partial charge < -0.3 is 19.7 Å². The minimum atomic E-state index is 0. The summed E-state index contributed by atoms with van der Waals surface area (Å²) in [5, 5.41) is 3.83. The van der Waals surface area contributed by atoms with Crippen LogP contribution < -0.4 is 15.2 Å². The van der Waals surface area contributed by atoms with Gasteiger partial charge in [0.1, 0.15) is 11.5 Å². The molecule has 120 valence electrons. The lowest BCUT2D eigenvalue weighted by Crippen LogP contribution is -2.31. The lowest BCUT2D eigenvalue weighted by atomic mass is 9.94. The van der Waals surface area contributed by atoms with E-state index < -0.39 is 0 Å². The number of hydrogen-bond acceptors (Lipinski definition) is 6. The van der Waals surface area contributed by atoms with Gasteiger partial charge in [0.15, 0.2) is 0 Å². The van der Waals surface area contributed by atoms with Crippen LogP contribution in [0.3, 0.4) is 0 Å². The number of hydrogen-bond donors (Lipinski definition) is 1. The Hall–Kier alpha value is -1.79. The van der Waals surface area contributed by atoms with Gasteiger partial charge in [0.05, 0.1) is 18.8 Å². The summed E-state index contributed by atoms with van der Waals surface area (Å²) in [5.41, 5.74) is 6.69. The van der Waals surface area contributed by atoms with E-state index in [9.17, 15) is 0 Å². The molecule has 0 atom stereocenters. The number of aromatic nitrogens is 2. The average Bonchev–Trinajstić information content (AvgIpc) is 3.03. The van der Waals surface area contributed by atoms with Crippen molar-refractivity contribution in [1.82, 2.24) is 10.1 Å². The molecule has 1 saturated carbocycles. The Morgan fingerprint density at radius 2 is 2.00 bits per heavy atom. The molecule has 0 saturated heterocycles. The van der Waals surface area contributed by atoms with E-state index in [1.807, 2.05) is 18.2 Å². The van der Waals surface area contributed by atoms with Crippen LogP contribution in [-0.2, 0) is 0 Å². The molecule has 6 nitrogen and oxygen atoms in total. The lowest BCUT2D eigenvalue weighted by Gasteiger charge is -2.27. The molecule has 1 fully saturated rings. The molecule has 1 heterocycles. The number of rotatable bonds is 4. The molecule has 0 spiro atoms. The molecule has 7 heteroatoms. The molecule has 0 radical (unpaired) electrons. The smallest absolute Gasteiger partial charge is 0.214 e. The normalized spacial score (nSPS) is 21.0. The van der Waals surface area contributed by atoms with Gasteiger partial charge in [-0.3, -0.25) is 0 Å². The highest BCUT2D eigenvalue weighted by Crippen LogP contribution is 2.32. The monoisotopic (exact) mass is 325 g/mol. The minimum Gasteiger partial charge on any atom is -0.496 e. The Balaban J connectivity index is 0.00000176. The van der Waals surface area contributed by atoms with Crippen molar-refractivity contribution in [3.63, 3.8) is 0 Å². The fourth-order valence-corrected chi connectivity index (χ4v) is 2.62. The first-order chi connectivity index (χ1) is 10.3. The van der Waals surface area contributed by atoms with Crippen molar-refractivity contribution >= 4 is 12.4 Å². The first-order valence-corrected chi connectivity index (χ1v) is 7.13. The fraction of sp³-hybridized carbons (Fsp3) is 0.467. The van der Waals surface area contributed by atoms with E-state index in [-0.39, 0.29) is 18.5 Å². The van der Waals surface area contributed by atoms with Crippen molar-refractivity contribution in [1.29, 1.82) is 0 Å². The molecule has 0 amide bonds. The molecule has 2 N–H and O–H groups in total. The summed E-state index contributed by atoms with van der Waals surface area (Å²) in [6, 6.07) is 5.97. The van der Waals surface area contributed by atoms with Crippen LogP contribution in [-0.4, -0.2) is 29.4 Å². The molecule has 0 unspecified atom stereocenters. The predicted octanol–water partition coefficient (Wildman–Crippen LogP) is 2.82. The number of nitrogens with two attached hydrogens (primary N) is 1. The van der Waals surface area contributed by atoms with E-state index in [2.05, 4.69) is 10.1 Å². The van der Waals surface area contributed by atoms with Crippen molar-refractivity contribution in [2.45, 2.75) is 37.8 Å². The zero-order valence-corrected chi connectivity index (χ0v) is 13.2. The molecule has 1 aromatic carbocycles. The van der Waals surface area contributed by atoms with Gasteiger partial charge in [-0.2, -0.15) is 4.98 Å². The molecule has 3 rings (SSSR count). The van der Waals surface area contributed by atoms with Crippen molar-refractivity contribution in [3.8, 4) is 22.9 Å². The van der Waals surface area contributed by atoms with Gasteiger partial charge in [-0.05, 0) is 37.8 Å². The van der Waals surface area contributed by atoms with Gasteiger partial charge in [0.25, 0.3) is 0 Å². The van der Waals surface area contributed by atoms with Crippen LogP contribution in [0, 0.1) is 0 Å². The number of nitrogens with zero attached hydrogens (tertiary/aromatic N) is 2. The summed E-state index contributed by atoms with van der Waals surface area (Å²) >= 11 is 0. The Kier molecular flexibility index (Phi) is 5.63. The second-order valence-electron chi connectivity index (χ2n) is 5.27. The van der Waals surface area contributed by atoms with Crippen molar-refractivity contribution in [3.05, 3.63) is 24.6 Å². The molecule has 1 aliphatic rings. The minimum absolute atomic E-state index is 0. The molecule has 0 aliphatic heterocycles. The van der Waals surface area contributed by atoms with Gasteiger partial charge in [0.2, 0.25) is 12.2 Å². The van der Waals surface area contributed by atoms with Gasteiger partial charge in [-0.15, -0.1) is 12.4 Å². The third kappa shape index (κ3) is 3.69. The molecular formula is C15H20ClN3O3. The Bertz CT molecular complexity index is 584. The largest absolute Gasteiger partial charge is 0.496 e. The molecule has 22 heavy (non-hydrogen) atoms. The van der Waals surface area contributed by atoms with Gasteiger partial charge >= 0.3 is 0 Å². The van der Waals surface area contributed by atoms with Crippen LogP contribution in [0.15, 0.2) is 29.1 Å². The van der Waals surface area contributed by atoms with Crippen molar-refractivity contribution in [2.24, 2.45) is 5.73 Å². The maximum absolute atomic E-state index is 6.02. The number of methoxy groups -OCH3 is 1. The van der Waals surface area contributed by atoms with E-state index in [4.69, 9.17) is 19.7 Å². The second kappa shape index (κ2) is 7.47. The van der Waals surface area contributed by atoms with Gasteiger partial charge in [0, 0.05) is 12.1 Å². The molecule has 2 aromatic rings. The highest BCUT2D eigenvalue weighted by Gasteiger charge is 2.20. The maximum Gasteiger partial charge on any atom is 0.214 e. The Morgan fingerprint density at radius 1 is 1.23 bits per heavy atom. The quantitative estimate of drug-likeness (QED) is 0.930. The molecule has 0 bridgehead atoms. The zero-order chi connectivity index (χ0) is 14.7. The van der Waals surface area contributed by atoms with Crippen LogP contribution in [0.1, 0.15) is 25.7 Å². The summed E-state index contributed by atoms with van der Waals surface area (Å²) in [7, 11) is 1.61. The number of halogens is 1. The Morgan fingerprint density at radius 3 is 2.64 bits per heavy atom. The predicted molar refractivity (Wildman–Crippen MR) is 84.4 cm³/mol. The van der Waals surface area contributed by atoms with Crippen LogP contribution in [0.4, 0.5) is 0 Å². The number of ether oxygens (including phenoxy) is 2. The van der Waals surface area contributed by atoms with Crippen molar-refractivity contribution in [2.75, 3.05) is 7.11 Å². The third-order valence-corrected chi connectivity index (χ3v) is 3.80. The first kappa shape index (κ1) is 16.6. The van der Waals surface area contributed by atoms with Crippen LogP contribution >= 0.6 is 12.4 Å². The van der Waals surface area contributed by atoms with Gasteiger partial charge in [-0.25, -0.2) is 0 Å². The second-order valence-corrected chi connectivity index (χ2v) is 5.27. The standard InChI is InChI=1S/C15H19N3O3.ClH/c1-19-14-8-12(21-11-4-2-10(16)3-5-11)6-7-13(14)15-17-9-20-18-15;/h6-11H,2-5,16H2,1H3;1H. The summed E-state index contributed by atoms with van der Waals surface area (Å²) < 4.78 is 16.2. The summed E-state index contributed by atoms with van der Waals surface area (Å²) in [4.78, 5) is 4.04. The summed E-state index contributed by atoms with van der Waals surface area (Å²) in [6.45, 7) is 0. The maximum atomic E-state index is 6.02. The van der Waals surface area contributed by atoms with E-state index in [1.165, 1.54) is 6.39 Å². The van der Waals surface area contributed by atoms with Crippen LogP contribution in [0.25, 0.3) is 11.4 Å². The highest BCUT2D eigenvalue weighted by molar-refractivity contribution is 5.85. The molecular weight excluding hydrogens is 306 g/mol. The van der Waals surface area contributed by atoms with E-state index in [1.54, 1.807) is 7.11 Å². The zero-order valence-electron chi connectivity index (χ0n) is 12.4. The Labute approximate surface area is 135 Å². The molecule has 1 aliphatic carbocycles. The van der Waals surface area contributed by atoms with Gasteiger partial charge in [-0.1, -0.05) is 5.16 Å². The highest BCUT2D eigenvalue weighted by atomic mass is 35.5. The van der Waals surface area contributed by atoms with Crippen LogP contribution in [0.5, 0.6) is 11.5 Å². The SMILES string of the molecule is COc1cc(OC2CCC(N)CC2)ccc1-c1ncon1.Cl. The lowest BCUT2D eigenvalue weighted by molar-refractivity contribution is 0.147. The topological polar surface area (TPSA) is 83.4 Å². The van der Waals surface area contributed by atoms with E-state index in [0.29, 0.717) is 17.6 Å². The van der Waals surface area contributed by atoms with E-state index in [0.717, 1.165) is 37.0 Å². The van der Waals surface area contributed by atoms with Crippen LogP contribution in [0.2, 0.25) is 0 Å². The third-order valence-electron chi connectivity index (χ3n) is 3.80. The summed E-state index contributed by atoms with van der Waals surface area (Å²) in [6.07, 6.45) is 5.55. The fourth-order valence-electron chi connectivity index (χ4n) is 2.62. The first-order valence-electron chi connectivity index (χ1n) is 7.13. The average molecular weight is 326 g/mol. The van der Waals surface area contributed by atoms with E-state index >= 15 is 0 Å². The molecule has 1 aromatic heterocycles.